The minimum atomic E-state index is 0.337. The van der Waals surface area contributed by atoms with E-state index in [-0.39, 0.29) is 0 Å². The third-order valence-electron chi connectivity index (χ3n) is 3.72. The molecule has 2 fully saturated rings. The van der Waals surface area contributed by atoms with E-state index in [0.29, 0.717) is 11.8 Å². The van der Waals surface area contributed by atoms with Gasteiger partial charge in [0.25, 0.3) is 0 Å². The number of hydrogen-bond acceptors (Lipinski definition) is 7. The molecule has 3 heterocycles. The van der Waals surface area contributed by atoms with Gasteiger partial charge in [0.2, 0.25) is 11.0 Å². The van der Waals surface area contributed by atoms with Gasteiger partial charge in [-0.15, -0.1) is 10.2 Å². The van der Waals surface area contributed by atoms with E-state index in [1.54, 1.807) is 11.3 Å². The normalized spacial score (nSPS) is 23.2. The summed E-state index contributed by atoms with van der Waals surface area (Å²) in [5, 5.41) is 14.4. The largest absolute Gasteiger partial charge is 0.346 e. The van der Waals surface area contributed by atoms with Gasteiger partial charge in [0.15, 0.2) is 5.82 Å². The fraction of sp³-hybridized carbons (Fsp3) is 0.667. The van der Waals surface area contributed by atoms with Crippen molar-refractivity contribution in [3.8, 4) is 0 Å². The number of rotatable bonds is 3. The zero-order valence-electron chi connectivity index (χ0n) is 10.7. The van der Waals surface area contributed by atoms with E-state index in [1.165, 1.54) is 12.8 Å². The molecule has 7 heteroatoms. The number of aryl methyl sites for hydroxylation is 1. The van der Waals surface area contributed by atoms with Gasteiger partial charge in [-0.3, -0.25) is 0 Å². The van der Waals surface area contributed by atoms with Gasteiger partial charge < -0.3 is 9.42 Å². The Morgan fingerprint density at radius 3 is 2.84 bits per heavy atom. The Kier molecular flexibility index (Phi) is 2.54. The first kappa shape index (κ1) is 11.3. The third kappa shape index (κ3) is 2.11. The van der Waals surface area contributed by atoms with Crippen LogP contribution < -0.4 is 4.90 Å². The zero-order chi connectivity index (χ0) is 12.8. The molecular formula is C12H15N5OS. The number of nitrogens with zero attached hydrogens (tertiary/aromatic N) is 5. The molecule has 2 aromatic rings. The molecule has 0 spiro atoms. The van der Waals surface area contributed by atoms with Crippen LogP contribution in [0.4, 0.5) is 5.13 Å². The van der Waals surface area contributed by atoms with Crippen molar-refractivity contribution < 1.29 is 4.52 Å². The van der Waals surface area contributed by atoms with Crippen LogP contribution in [-0.2, 0) is 0 Å². The quantitative estimate of drug-likeness (QED) is 0.856. The Hall–Kier alpha value is -1.50. The van der Waals surface area contributed by atoms with Crippen LogP contribution in [-0.4, -0.2) is 33.4 Å². The standard InChI is InChI=1S/C12H15N5OS/c1-7-14-15-12(19-7)17-5-4-9(6-17)11-13-10(16-18-11)8-2-3-8/h8-9H,2-6H2,1H3. The number of hydrogen-bond donors (Lipinski definition) is 0. The highest BCUT2D eigenvalue weighted by Crippen LogP contribution is 2.39. The lowest BCUT2D eigenvalue weighted by Gasteiger charge is -2.12. The number of anilines is 1. The smallest absolute Gasteiger partial charge is 0.231 e. The fourth-order valence-electron chi connectivity index (χ4n) is 2.47. The van der Waals surface area contributed by atoms with Crippen molar-refractivity contribution in [2.45, 2.75) is 38.0 Å². The maximum Gasteiger partial charge on any atom is 0.231 e. The monoisotopic (exact) mass is 277 g/mol. The molecular weight excluding hydrogens is 262 g/mol. The molecule has 0 aromatic carbocycles. The molecule has 1 saturated carbocycles. The SMILES string of the molecule is Cc1nnc(N2CCC(c3nc(C4CC4)no3)C2)s1. The maximum atomic E-state index is 5.42. The number of aromatic nitrogens is 4. The molecule has 0 bridgehead atoms. The Labute approximate surface area is 114 Å². The van der Waals surface area contributed by atoms with Gasteiger partial charge in [-0.2, -0.15) is 4.98 Å². The van der Waals surface area contributed by atoms with Crippen molar-refractivity contribution >= 4 is 16.5 Å². The lowest BCUT2D eigenvalue weighted by atomic mass is 10.1. The van der Waals surface area contributed by atoms with Crippen LogP contribution in [0.3, 0.4) is 0 Å². The van der Waals surface area contributed by atoms with E-state index < -0.39 is 0 Å². The summed E-state index contributed by atoms with van der Waals surface area (Å²) in [6, 6.07) is 0. The molecule has 19 heavy (non-hydrogen) atoms. The minimum absolute atomic E-state index is 0.337. The molecule has 2 aliphatic rings. The predicted molar refractivity (Wildman–Crippen MR) is 70.5 cm³/mol. The predicted octanol–water partition coefficient (Wildman–Crippen LogP) is 2.10. The highest BCUT2D eigenvalue weighted by atomic mass is 32.1. The summed E-state index contributed by atoms with van der Waals surface area (Å²) in [6.07, 6.45) is 3.46. The van der Waals surface area contributed by atoms with Gasteiger partial charge in [-0.1, -0.05) is 16.5 Å². The van der Waals surface area contributed by atoms with E-state index in [1.807, 2.05) is 6.92 Å². The molecule has 1 aliphatic carbocycles. The van der Waals surface area contributed by atoms with Crippen LogP contribution >= 0.6 is 11.3 Å². The van der Waals surface area contributed by atoms with Crippen molar-refractivity contribution in [3.05, 3.63) is 16.7 Å². The topological polar surface area (TPSA) is 67.9 Å². The second-order valence-corrected chi connectivity index (χ2v) is 6.46. The van der Waals surface area contributed by atoms with Crippen molar-refractivity contribution in [2.75, 3.05) is 18.0 Å². The molecule has 1 saturated heterocycles. The lowest BCUT2D eigenvalue weighted by molar-refractivity contribution is 0.355. The van der Waals surface area contributed by atoms with E-state index in [9.17, 15) is 0 Å². The fourth-order valence-corrected chi connectivity index (χ4v) is 3.19. The summed E-state index contributed by atoms with van der Waals surface area (Å²) in [7, 11) is 0. The first-order valence-corrected chi connectivity index (χ1v) is 7.50. The molecule has 1 unspecified atom stereocenters. The lowest BCUT2D eigenvalue weighted by Crippen LogP contribution is -2.19. The second kappa shape index (κ2) is 4.26. The Bertz CT molecular complexity index is 590. The van der Waals surface area contributed by atoms with Crippen molar-refractivity contribution in [1.29, 1.82) is 0 Å². The second-order valence-electron chi connectivity index (χ2n) is 5.30. The van der Waals surface area contributed by atoms with Gasteiger partial charge in [0, 0.05) is 19.0 Å². The van der Waals surface area contributed by atoms with Crippen molar-refractivity contribution in [1.82, 2.24) is 20.3 Å². The Balaban J connectivity index is 1.48. The Morgan fingerprint density at radius 1 is 1.21 bits per heavy atom. The van der Waals surface area contributed by atoms with Crippen LogP contribution in [0.25, 0.3) is 0 Å². The maximum absolute atomic E-state index is 5.42. The van der Waals surface area contributed by atoms with Gasteiger partial charge in [-0.25, -0.2) is 0 Å². The average molecular weight is 277 g/mol. The highest BCUT2D eigenvalue weighted by molar-refractivity contribution is 7.15. The Morgan fingerprint density at radius 2 is 2.11 bits per heavy atom. The van der Waals surface area contributed by atoms with Gasteiger partial charge in [0.1, 0.15) is 5.01 Å². The molecule has 4 rings (SSSR count). The third-order valence-corrected chi connectivity index (χ3v) is 4.62. The first-order chi connectivity index (χ1) is 9.29. The molecule has 0 radical (unpaired) electrons. The summed E-state index contributed by atoms with van der Waals surface area (Å²) < 4.78 is 5.42. The minimum Gasteiger partial charge on any atom is -0.346 e. The van der Waals surface area contributed by atoms with E-state index >= 15 is 0 Å². The molecule has 1 aliphatic heterocycles. The molecule has 0 N–H and O–H groups in total. The molecule has 100 valence electrons. The van der Waals surface area contributed by atoms with Crippen LogP contribution in [0, 0.1) is 6.92 Å². The highest BCUT2D eigenvalue weighted by Gasteiger charge is 2.33. The van der Waals surface area contributed by atoms with Gasteiger partial charge in [0.05, 0.1) is 5.92 Å². The van der Waals surface area contributed by atoms with Crippen LogP contribution in [0.15, 0.2) is 4.52 Å². The van der Waals surface area contributed by atoms with Crippen LogP contribution in [0.5, 0.6) is 0 Å². The van der Waals surface area contributed by atoms with Crippen molar-refractivity contribution in [2.24, 2.45) is 0 Å². The van der Waals surface area contributed by atoms with Crippen molar-refractivity contribution in [3.63, 3.8) is 0 Å². The molecule has 1 atom stereocenters. The van der Waals surface area contributed by atoms with E-state index in [0.717, 1.165) is 41.4 Å². The summed E-state index contributed by atoms with van der Waals surface area (Å²) in [5.41, 5.74) is 0. The summed E-state index contributed by atoms with van der Waals surface area (Å²) in [4.78, 5) is 6.81. The van der Waals surface area contributed by atoms with Crippen LogP contribution in [0.1, 0.15) is 47.8 Å². The van der Waals surface area contributed by atoms with Crippen LogP contribution in [0.2, 0.25) is 0 Å². The van der Waals surface area contributed by atoms with E-state index in [4.69, 9.17) is 4.52 Å². The average Bonchev–Trinajstić information content (AvgIpc) is 2.86. The van der Waals surface area contributed by atoms with Gasteiger partial charge in [-0.05, 0) is 26.2 Å². The molecule has 2 aromatic heterocycles. The first-order valence-electron chi connectivity index (χ1n) is 6.68. The molecule has 0 amide bonds. The van der Waals surface area contributed by atoms with E-state index in [2.05, 4.69) is 25.2 Å². The van der Waals surface area contributed by atoms with Gasteiger partial charge >= 0.3 is 0 Å². The molecule has 6 nitrogen and oxygen atoms in total. The summed E-state index contributed by atoms with van der Waals surface area (Å²) >= 11 is 1.64. The summed E-state index contributed by atoms with van der Waals surface area (Å²) in [5.74, 6) is 2.59. The zero-order valence-corrected chi connectivity index (χ0v) is 11.6. The summed E-state index contributed by atoms with van der Waals surface area (Å²) in [6.45, 7) is 3.87.